The molecule has 1 atom stereocenters. The second kappa shape index (κ2) is 7.55. The number of aryl methyl sites for hydroxylation is 1. The summed E-state index contributed by atoms with van der Waals surface area (Å²) in [6, 6.07) is 12.0. The first-order valence-electron chi connectivity index (χ1n) is 7.84. The van der Waals surface area contributed by atoms with Gasteiger partial charge >= 0.3 is 0 Å². The summed E-state index contributed by atoms with van der Waals surface area (Å²) in [5, 5.41) is 12.8. The zero-order chi connectivity index (χ0) is 19.6. The first-order chi connectivity index (χ1) is 12.8. The lowest BCUT2D eigenvalue weighted by molar-refractivity contribution is -0.385. The zero-order valence-electron chi connectivity index (χ0n) is 14.1. The standard InChI is InChI=1S/C18H15FN2O4S2/c1-12-4-9-15(21(22)23)11-17(12)27(24,25)20-18(16-3-2-10-26-16)13-5-7-14(19)8-6-13/h2-11,18,20H,1H3/t18-/m1/s1. The Bertz CT molecular complexity index is 1070. The number of thiophene rings is 1. The summed E-state index contributed by atoms with van der Waals surface area (Å²) >= 11 is 1.35. The molecule has 0 spiro atoms. The van der Waals surface area contributed by atoms with E-state index in [9.17, 15) is 22.9 Å². The van der Waals surface area contributed by atoms with Crippen LogP contribution in [0.2, 0.25) is 0 Å². The molecule has 0 aliphatic rings. The van der Waals surface area contributed by atoms with Crippen LogP contribution in [0.15, 0.2) is 64.9 Å². The summed E-state index contributed by atoms with van der Waals surface area (Å²) in [6.45, 7) is 1.57. The highest BCUT2D eigenvalue weighted by Gasteiger charge is 2.26. The van der Waals surface area contributed by atoms with Crippen molar-refractivity contribution in [3.05, 3.63) is 91.9 Å². The Kier molecular flexibility index (Phi) is 5.36. The lowest BCUT2D eigenvalue weighted by Gasteiger charge is -2.19. The highest BCUT2D eigenvalue weighted by molar-refractivity contribution is 7.89. The van der Waals surface area contributed by atoms with Crippen molar-refractivity contribution >= 4 is 27.0 Å². The van der Waals surface area contributed by atoms with E-state index in [2.05, 4.69) is 4.72 Å². The Morgan fingerprint density at radius 2 is 1.85 bits per heavy atom. The summed E-state index contributed by atoms with van der Waals surface area (Å²) in [6.07, 6.45) is 0. The van der Waals surface area contributed by atoms with E-state index >= 15 is 0 Å². The number of nitro benzene ring substituents is 1. The Morgan fingerprint density at radius 1 is 1.15 bits per heavy atom. The number of benzene rings is 2. The number of sulfonamides is 1. The van der Waals surface area contributed by atoms with Gasteiger partial charge in [-0.05, 0) is 41.6 Å². The molecule has 27 heavy (non-hydrogen) atoms. The highest BCUT2D eigenvalue weighted by Crippen LogP contribution is 2.29. The molecule has 3 rings (SSSR count). The normalized spacial score (nSPS) is 12.7. The van der Waals surface area contributed by atoms with Crippen molar-refractivity contribution in [1.29, 1.82) is 0 Å². The van der Waals surface area contributed by atoms with Crippen LogP contribution >= 0.6 is 11.3 Å². The number of nitro groups is 1. The minimum Gasteiger partial charge on any atom is -0.258 e. The summed E-state index contributed by atoms with van der Waals surface area (Å²) < 4.78 is 41.8. The van der Waals surface area contributed by atoms with Gasteiger partial charge in [0.2, 0.25) is 10.0 Å². The van der Waals surface area contributed by atoms with Gasteiger partial charge in [-0.1, -0.05) is 24.3 Å². The van der Waals surface area contributed by atoms with E-state index in [1.807, 2.05) is 0 Å². The van der Waals surface area contributed by atoms with E-state index in [0.29, 0.717) is 16.0 Å². The van der Waals surface area contributed by atoms with Crippen molar-refractivity contribution in [1.82, 2.24) is 4.72 Å². The first-order valence-corrected chi connectivity index (χ1v) is 10.2. The molecule has 0 unspecified atom stereocenters. The third-order valence-electron chi connectivity index (χ3n) is 3.98. The fourth-order valence-electron chi connectivity index (χ4n) is 2.61. The van der Waals surface area contributed by atoms with Gasteiger partial charge in [0.25, 0.3) is 5.69 Å². The second-order valence-corrected chi connectivity index (χ2v) is 8.49. The molecule has 2 aromatic carbocycles. The maximum absolute atomic E-state index is 13.3. The number of nitrogens with zero attached hydrogens (tertiary/aromatic N) is 1. The van der Waals surface area contributed by atoms with Gasteiger partial charge in [0.1, 0.15) is 5.82 Å². The van der Waals surface area contributed by atoms with Gasteiger partial charge in [0, 0.05) is 17.0 Å². The average molecular weight is 406 g/mol. The number of hydrogen-bond donors (Lipinski definition) is 1. The van der Waals surface area contributed by atoms with E-state index in [0.717, 1.165) is 6.07 Å². The maximum atomic E-state index is 13.3. The molecule has 1 heterocycles. The minimum atomic E-state index is -4.07. The summed E-state index contributed by atoms with van der Waals surface area (Å²) in [4.78, 5) is 10.9. The van der Waals surface area contributed by atoms with Crippen LogP contribution in [-0.4, -0.2) is 13.3 Å². The SMILES string of the molecule is Cc1ccc([N+](=O)[O-])cc1S(=O)(=O)N[C@H](c1ccc(F)cc1)c1cccs1. The molecule has 6 nitrogen and oxygen atoms in total. The van der Waals surface area contributed by atoms with Gasteiger partial charge in [-0.2, -0.15) is 4.72 Å². The lowest BCUT2D eigenvalue weighted by Crippen LogP contribution is -2.29. The second-order valence-electron chi connectivity index (χ2n) is 5.83. The van der Waals surface area contributed by atoms with Gasteiger partial charge in [-0.3, -0.25) is 10.1 Å². The van der Waals surface area contributed by atoms with Crippen molar-refractivity contribution in [3.63, 3.8) is 0 Å². The maximum Gasteiger partial charge on any atom is 0.270 e. The van der Waals surface area contributed by atoms with Crippen LogP contribution in [-0.2, 0) is 10.0 Å². The summed E-state index contributed by atoms with van der Waals surface area (Å²) in [7, 11) is -4.07. The van der Waals surface area contributed by atoms with Crippen molar-refractivity contribution in [2.45, 2.75) is 17.9 Å². The third-order valence-corrected chi connectivity index (χ3v) is 6.48. The van der Waals surface area contributed by atoms with Crippen LogP contribution in [0.5, 0.6) is 0 Å². The van der Waals surface area contributed by atoms with Gasteiger partial charge in [-0.25, -0.2) is 12.8 Å². The molecule has 0 aliphatic heterocycles. The molecular weight excluding hydrogens is 391 g/mol. The third kappa shape index (κ3) is 4.21. The highest BCUT2D eigenvalue weighted by atomic mass is 32.2. The Labute approximate surface area is 159 Å². The van der Waals surface area contributed by atoms with Crippen LogP contribution in [0, 0.1) is 22.9 Å². The van der Waals surface area contributed by atoms with Gasteiger partial charge in [-0.15, -0.1) is 11.3 Å². The number of hydrogen-bond acceptors (Lipinski definition) is 5. The van der Waals surface area contributed by atoms with Crippen LogP contribution in [0.1, 0.15) is 22.0 Å². The molecule has 0 radical (unpaired) electrons. The Hall–Kier alpha value is -2.62. The average Bonchev–Trinajstić information content (AvgIpc) is 3.15. The fraction of sp³-hybridized carbons (Fsp3) is 0.111. The Balaban J connectivity index is 2.04. The van der Waals surface area contributed by atoms with Crippen LogP contribution in [0.3, 0.4) is 0 Å². The van der Waals surface area contributed by atoms with E-state index in [1.54, 1.807) is 24.4 Å². The van der Waals surface area contributed by atoms with E-state index in [-0.39, 0.29) is 10.6 Å². The topological polar surface area (TPSA) is 89.3 Å². The van der Waals surface area contributed by atoms with Crippen molar-refractivity contribution in [2.24, 2.45) is 0 Å². The fourth-order valence-corrected chi connectivity index (χ4v) is 4.96. The monoisotopic (exact) mass is 406 g/mol. The lowest BCUT2D eigenvalue weighted by atomic mass is 10.1. The molecule has 0 aliphatic carbocycles. The molecule has 0 amide bonds. The predicted octanol–water partition coefficient (Wildman–Crippen LogP) is 4.17. The smallest absolute Gasteiger partial charge is 0.258 e. The number of nitrogens with one attached hydrogen (secondary N) is 1. The largest absolute Gasteiger partial charge is 0.270 e. The molecular formula is C18H15FN2O4S2. The molecule has 3 aromatic rings. The number of non-ortho nitro benzene ring substituents is 1. The van der Waals surface area contributed by atoms with Crippen LogP contribution in [0.4, 0.5) is 10.1 Å². The molecule has 1 N–H and O–H groups in total. The minimum absolute atomic E-state index is 0.166. The molecule has 0 saturated heterocycles. The predicted molar refractivity (Wildman–Crippen MR) is 101 cm³/mol. The van der Waals surface area contributed by atoms with Crippen molar-refractivity contribution < 1.29 is 17.7 Å². The van der Waals surface area contributed by atoms with Gasteiger partial charge in [0.15, 0.2) is 0 Å². The van der Waals surface area contributed by atoms with Gasteiger partial charge in [0.05, 0.1) is 15.9 Å². The molecule has 0 fully saturated rings. The van der Waals surface area contributed by atoms with Crippen molar-refractivity contribution in [2.75, 3.05) is 0 Å². The molecule has 1 aromatic heterocycles. The molecule has 0 bridgehead atoms. The summed E-state index contributed by atoms with van der Waals surface area (Å²) in [5.41, 5.74) is 0.637. The summed E-state index contributed by atoms with van der Waals surface area (Å²) in [5.74, 6) is -0.430. The van der Waals surface area contributed by atoms with E-state index < -0.39 is 26.8 Å². The first kappa shape index (κ1) is 19.2. The number of halogens is 1. The van der Waals surface area contributed by atoms with Crippen LogP contribution in [0.25, 0.3) is 0 Å². The molecule has 9 heteroatoms. The van der Waals surface area contributed by atoms with E-state index in [4.69, 9.17) is 0 Å². The van der Waals surface area contributed by atoms with Gasteiger partial charge < -0.3 is 0 Å². The Morgan fingerprint density at radius 3 is 2.44 bits per heavy atom. The number of rotatable bonds is 6. The van der Waals surface area contributed by atoms with Crippen LogP contribution < -0.4 is 4.72 Å². The molecule has 140 valence electrons. The zero-order valence-corrected chi connectivity index (χ0v) is 15.8. The van der Waals surface area contributed by atoms with E-state index in [1.165, 1.54) is 47.7 Å². The molecule has 0 saturated carbocycles. The quantitative estimate of drug-likeness (QED) is 0.491. The van der Waals surface area contributed by atoms with Crippen molar-refractivity contribution in [3.8, 4) is 0 Å².